The van der Waals surface area contributed by atoms with Crippen molar-refractivity contribution in [2.24, 2.45) is 7.05 Å². The average molecular weight is 391 g/mol. The van der Waals surface area contributed by atoms with Crippen LogP contribution in [0.2, 0.25) is 5.02 Å². The lowest BCUT2D eigenvalue weighted by molar-refractivity contribution is -0.481. The van der Waals surface area contributed by atoms with Gasteiger partial charge in [-0.1, -0.05) is 72.3 Å². The molecule has 0 saturated carbocycles. The first-order chi connectivity index (χ1) is 13.6. The van der Waals surface area contributed by atoms with Crippen LogP contribution in [0.4, 0.5) is 0 Å². The van der Waals surface area contributed by atoms with Crippen LogP contribution in [0, 0.1) is 10.1 Å². The Kier molecular flexibility index (Phi) is 4.88. The SMILES string of the molecule is Cn1c(-c2ccccc2)c([C@@H](C[N+](=O)[O-])c2ccc(Cl)cc2)c2ccccc21. The quantitative estimate of drug-likeness (QED) is 0.314. The first-order valence-corrected chi connectivity index (χ1v) is 9.44. The highest BCUT2D eigenvalue weighted by Gasteiger charge is 2.28. The van der Waals surface area contributed by atoms with Crippen LogP contribution in [0.15, 0.2) is 78.9 Å². The molecule has 0 aliphatic carbocycles. The zero-order valence-corrected chi connectivity index (χ0v) is 16.1. The van der Waals surface area contributed by atoms with Crippen LogP contribution in [0.3, 0.4) is 0 Å². The Balaban J connectivity index is 2.04. The lowest BCUT2D eigenvalue weighted by atomic mass is 9.87. The minimum Gasteiger partial charge on any atom is -0.343 e. The number of hydrogen-bond donors (Lipinski definition) is 0. The van der Waals surface area contributed by atoms with Crippen LogP contribution in [-0.4, -0.2) is 16.0 Å². The van der Waals surface area contributed by atoms with Crippen molar-refractivity contribution >= 4 is 22.5 Å². The van der Waals surface area contributed by atoms with Gasteiger partial charge in [-0.05, 0) is 34.9 Å². The van der Waals surface area contributed by atoms with Crippen LogP contribution in [-0.2, 0) is 7.05 Å². The predicted octanol–water partition coefficient (Wildman–Crippen LogP) is 5.91. The van der Waals surface area contributed by atoms with Crippen LogP contribution in [0.1, 0.15) is 17.0 Å². The maximum absolute atomic E-state index is 11.6. The zero-order chi connectivity index (χ0) is 19.7. The normalized spacial score (nSPS) is 12.2. The van der Waals surface area contributed by atoms with Gasteiger partial charge in [0.2, 0.25) is 6.54 Å². The second kappa shape index (κ2) is 7.49. The van der Waals surface area contributed by atoms with Gasteiger partial charge < -0.3 is 4.57 Å². The number of hydrogen-bond acceptors (Lipinski definition) is 2. The lowest BCUT2D eigenvalue weighted by Gasteiger charge is -2.17. The van der Waals surface area contributed by atoms with E-state index in [1.54, 1.807) is 12.1 Å². The van der Waals surface area contributed by atoms with Crippen LogP contribution in [0.25, 0.3) is 22.2 Å². The summed E-state index contributed by atoms with van der Waals surface area (Å²) in [5.74, 6) is -0.381. The molecule has 3 aromatic carbocycles. The Morgan fingerprint density at radius 1 is 0.964 bits per heavy atom. The highest BCUT2D eigenvalue weighted by atomic mass is 35.5. The Labute approximate surface area is 168 Å². The Morgan fingerprint density at radius 3 is 2.29 bits per heavy atom. The molecule has 4 rings (SSSR count). The summed E-state index contributed by atoms with van der Waals surface area (Å²) in [6.07, 6.45) is 0. The molecule has 28 heavy (non-hydrogen) atoms. The summed E-state index contributed by atoms with van der Waals surface area (Å²) in [4.78, 5) is 11.3. The fourth-order valence-electron chi connectivity index (χ4n) is 3.93. The van der Waals surface area contributed by atoms with Crippen molar-refractivity contribution in [2.75, 3.05) is 6.54 Å². The number of nitrogens with zero attached hydrogens (tertiary/aromatic N) is 2. The van der Waals surface area contributed by atoms with E-state index in [1.165, 1.54) is 0 Å². The minimum absolute atomic E-state index is 0.185. The summed E-state index contributed by atoms with van der Waals surface area (Å²) in [6.45, 7) is -0.185. The molecule has 0 spiro atoms. The molecule has 0 aliphatic heterocycles. The van der Waals surface area contributed by atoms with E-state index in [1.807, 2.05) is 67.7 Å². The van der Waals surface area contributed by atoms with Crippen molar-refractivity contribution in [3.63, 3.8) is 0 Å². The maximum Gasteiger partial charge on any atom is 0.214 e. The van der Waals surface area contributed by atoms with Crippen LogP contribution >= 0.6 is 11.6 Å². The summed E-state index contributed by atoms with van der Waals surface area (Å²) < 4.78 is 2.13. The standard InChI is InChI=1S/C23H19ClN2O2/c1-25-21-10-6-5-9-19(21)22(23(25)17-7-3-2-4-8-17)20(15-26(27)28)16-11-13-18(24)14-12-16/h2-14,20H,15H2,1H3/t20-/m0/s1. The van der Waals surface area contributed by atoms with E-state index in [2.05, 4.69) is 10.6 Å². The smallest absolute Gasteiger partial charge is 0.214 e. The number of para-hydroxylation sites is 1. The lowest BCUT2D eigenvalue weighted by Crippen LogP contribution is -2.15. The largest absolute Gasteiger partial charge is 0.343 e. The summed E-state index contributed by atoms with van der Waals surface area (Å²) >= 11 is 6.06. The summed E-state index contributed by atoms with van der Waals surface area (Å²) in [6, 6.07) is 25.4. The van der Waals surface area contributed by atoms with E-state index in [4.69, 9.17) is 11.6 Å². The second-order valence-corrected chi connectivity index (χ2v) is 7.26. The number of benzene rings is 3. The van der Waals surface area contributed by atoms with Gasteiger partial charge in [0.1, 0.15) is 0 Å². The molecule has 1 atom stereocenters. The Morgan fingerprint density at radius 2 is 1.61 bits per heavy atom. The number of rotatable bonds is 5. The van der Waals surface area contributed by atoms with Crippen molar-refractivity contribution in [3.05, 3.63) is 105 Å². The van der Waals surface area contributed by atoms with Crippen molar-refractivity contribution in [3.8, 4) is 11.3 Å². The number of aryl methyl sites for hydroxylation is 1. The fraction of sp³-hybridized carbons (Fsp3) is 0.130. The van der Waals surface area contributed by atoms with Gasteiger partial charge in [-0.2, -0.15) is 0 Å². The van der Waals surface area contributed by atoms with E-state index in [9.17, 15) is 10.1 Å². The molecule has 0 bridgehead atoms. The van der Waals surface area contributed by atoms with E-state index in [-0.39, 0.29) is 17.4 Å². The molecule has 0 unspecified atom stereocenters. The first kappa shape index (κ1) is 18.3. The Hall–Kier alpha value is -3.11. The van der Waals surface area contributed by atoms with Crippen molar-refractivity contribution in [1.29, 1.82) is 0 Å². The van der Waals surface area contributed by atoms with E-state index >= 15 is 0 Å². The topological polar surface area (TPSA) is 48.1 Å². The van der Waals surface area contributed by atoms with Gasteiger partial charge >= 0.3 is 0 Å². The van der Waals surface area contributed by atoms with Gasteiger partial charge in [-0.15, -0.1) is 0 Å². The van der Waals surface area contributed by atoms with Gasteiger partial charge in [0.05, 0.1) is 11.6 Å². The molecule has 1 heterocycles. The first-order valence-electron chi connectivity index (χ1n) is 9.06. The maximum atomic E-state index is 11.6. The van der Waals surface area contributed by atoms with Crippen molar-refractivity contribution in [2.45, 2.75) is 5.92 Å². The summed E-state index contributed by atoms with van der Waals surface area (Å²) in [5.41, 5.74) is 4.96. The third kappa shape index (κ3) is 3.27. The monoisotopic (exact) mass is 390 g/mol. The van der Waals surface area contributed by atoms with Crippen LogP contribution in [0.5, 0.6) is 0 Å². The van der Waals surface area contributed by atoms with Gasteiger partial charge in [0, 0.05) is 27.9 Å². The molecular weight excluding hydrogens is 372 g/mol. The third-order valence-electron chi connectivity index (χ3n) is 5.15. The third-order valence-corrected chi connectivity index (χ3v) is 5.40. The molecule has 0 fully saturated rings. The van der Waals surface area contributed by atoms with Gasteiger partial charge in [-0.3, -0.25) is 10.1 Å². The molecule has 0 saturated heterocycles. The van der Waals surface area contributed by atoms with E-state index in [0.717, 1.165) is 33.3 Å². The highest BCUT2D eigenvalue weighted by Crippen LogP contribution is 2.40. The molecule has 5 heteroatoms. The zero-order valence-electron chi connectivity index (χ0n) is 15.4. The summed E-state index contributed by atoms with van der Waals surface area (Å²) in [7, 11) is 2.01. The molecule has 0 aliphatic rings. The van der Waals surface area contributed by atoms with Gasteiger partial charge in [-0.25, -0.2) is 0 Å². The number of nitro groups is 1. The molecule has 0 N–H and O–H groups in total. The molecule has 4 aromatic rings. The number of fused-ring (bicyclic) bond motifs is 1. The average Bonchev–Trinajstić information content (AvgIpc) is 3.00. The second-order valence-electron chi connectivity index (χ2n) is 6.82. The molecule has 0 radical (unpaired) electrons. The van der Waals surface area contributed by atoms with Crippen molar-refractivity contribution in [1.82, 2.24) is 4.57 Å². The molecule has 140 valence electrons. The van der Waals surface area contributed by atoms with E-state index in [0.29, 0.717) is 5.02 Å². The van der Waals surface area contributed by atoms with Crippen LogP contribution < -0.4 is 0 Å². The molecule has 0 amide bonds. The fourth-order valence-corrected chi connectivity index (χ4v) is 4.05. The molecule has 4 nitrogen and oxygen atoms in total. The molecule has 1 aromatic heterocycles. The van der Waals surface area contributed by atoms with Gasteiger partial charge in [0.25, 0.3) is 0 Å². The summed E-state index contributed by atoms with van der Waals surface area (Å²) in [5, 5.41) is 13.2. The minimum atomic E-state index is -0.381. The highest BCUT2D eigenvalue weighted by molar-refractivity contribution is 6.30. The van der Waals surface area contributed by atoms with E-state index < -0.39 is 0 Å². The molecular formula is C23H19ClN2O2. The van der Waals surface area contributed by atoms with Gasteiger partial charge in [0.15, 0.2) is 0 Å². The number of halogens is 1. The predicted molar refractivity (Wildman–Crippen MR) is 114 cm³/mol. The number of aromatic nitrogens is 1. The van der Waals surface area contributed by atoms with Crippen molar-refractivity contribution < 1.29 is 4.92 Å². The Bertz CT molecular complexity index is 1130.